The number of nitrogens with zero attached hydrogens (tertiary/aromatic N) is 4. The summed E-state index contributed by atoms with van der Waals surface area (Å²) in [5.41, 5.74) is 2.38. The average molecular weight is 564 g/mol. The fourth-order valence-electron chi connectivity index (χ4n) is 5.24. The molecule has 2 aliphatic rings. The first-order valence-electron chi connectivity index (χ1n) is 14.0. The van der Waals surface area contributed by atoms with E-state index in [9.17, 15) is 18.4 Å². The smallest absolute Gasteiger partial charge is 0.328 e. The molecule has 3 aromatic rings. The van der Waals surface area contributed by atoms with Crippen molar-refractivity contribution in [1.29, 1.82) is 0 Å². The minimum absolute atomic E-state index is 0.0464. The minimum Gasteiger partial charge on any atom is -0.354 e. The van der Waals surface area contributed by atoms with Crippen molar-refractivity contribution >= 4 is 29.4 Å². The number of para-hydroxylation sites is 1. The van der Waals surface area contributed by atoms with Crippen LogP contribution in [0.5, 0.6) is 0 Å². The van der Waals surface area contributed by atoms with E-state index in [4.69, 9.17) is 4.98 Å². The molecule has 0 atom stereocenters. The Morgan fingerprint density at radius 2 is 1.83 bits per heavy atom. The quantitative estimate of drug-likeness (QED) is 0.312. The lowest BCUT2D eigenvalue weighted by Gasteiger charge is -2.31. The summed E-state index contributed by atoms with van der Waals surface area (Å²) in [6.07, 6.45) is 3.28. The Bertz CT molecular complexity index is 1440. The van der Waals surface area contributed by atoms with Crippen molar-refractivity contribution in [3.8, 4) is 11.3 Å². The van der Waals surface area contributed by atoms with Gasteiger partial charge in [-0.1, -0.05) is 12.1 Å². The summed E-state index contributed by atoms with van der Waals surface area (Å²) in [7, 11) is 0. The van der Waals surface area contributed by atoms with Gasteiger partial charge in [0.2, 0.25) is 5.95 Å². The van der Waals surface area contributed by atoms with Gasteiger partial charge in [-0.2, -0.15) is 4.98 Å². The van der Waals surface area contributed by atoms with Gasteiger partial charge >= 0.3 is 6.03 Å². The van der Waals surface area contributed by atoms with Crippen LogP contribution in [0.2, 0.25) is 0 Å². The Balaban J connectivity index is 1.59. The van der Waals surface area contributed by atoms with Crippen LogP contribution in [0.3, 0.4) is 0 Å². The molecule has 3 heterocycles. The predicted molar refractivity (Wildman–Crippen MR) is 154 cm³/mol. The van der Waals surface area contributed by atoms with Gasteiger partial charge in [0, 0.05) is 29.3 Å². The number of halogens is 2. The fraction of sp³-hybridized carbons (Fsp3) is 0.400. The molecule has 216 valence electrons. The molecule has 41 heavy (non-hydrogen) atoms. The molecule has 5 rings (SSSR count). The first kappa shape index (κ1) is 28.4. The molecule has 3 amide bonds. The number of amides is 3. The Kier molecular flexibility index (Phi) is 8.44. The predicted octanol–water partition coefficient (Wildman–Crippen LogP) is 5.13. The van der Waals surface area contributed by atoms with E-state index in [1.807, 2.05) is 26.8 Å². The molecule has 0 saturated carbocycles. The molecule has 0 bridgehead atoms. The van der Waals surface area contributed by atoms with E-state index in [0.717, 1.165) is 48.7 Å². The molecule has 0 radical (unpaired) electrons. The zero-order chi connectivity index (χ0) is 29.1. The van der Waals surface area contributed by atoms with Crippen LogP contribution in [-0.2, 0) is 6.54 Å². The summed E-state index contributed by atoms with van der Waals surface area (Å²) in [4.78, 5) is 38.7. The van der Waals surface area contributed by atoms with E-state index in [0.29, 0.717) is 28.9 Å². The summed E-state index contributed by atoms with van der Waals surface area (Å²) >= 11 is 0. The topological polar surface area (TPSA) is 102 Å². The maximum absolute atomic E-state index is 15.0. The van der Waals surface area contributed by atoms with E-state index < -0.39 is 23.4 Å². The molecule has 0 spiro atoms. The second-order valence-corrected chi connectivity index (χ2v) is 10.7. The zero-order valence-corrected chi connectivity index (χ0v) is 23.6. The number of fused-ring (bicyclic) bond motifs is 1. The van der Waals surface area contributed by atoms with Crippen molar-refractivity contribution in [1.82, 2.24) is 25.5 Å². The largest absolute Gasteiger partial charge is 0.354 e. The molecule has 2 aliphatic heterocycles. The highest BCUT2D eigenvalue weighted by Gasteiger charge is 2.34. The Hall–Kier alpha value is -4.12. The molecule has 0 aliphatic carbocycles. The number of aromatic nitrogens is 2. The van der Waals surface area contributed by atoms with Crippen LogP contribution in [0.4, 0.5) is 31.0 Å². The van der Waals surface area contributed by atoms with Gasteiger partial charge in [0.1, 0.15) is 17.3 Å². The molecule has 1 fully saturated rings. The van der Waals surface area contributed by atoms with Crippen molar-refractivity contribution in [2.45, 2.75) is 52.6 Å². The van der Waals surface area contributed by atoms with Crippen LogP contribution < -0.4 is 20.9 Å². The fourth-order valence-corrected chi connectivity index (χ4v) is 5.24. The van der Waals surface area contributed by atoms with Crippen LogP contribution in [0.15, 0.2) is 36.4 Å². The molecule has 1 aromatic heterocycles. The summed E-state index contributed by atoms with van der Waals surface area (Å²) in [6, 6.07) is 8.01. The van der Waals surface area contributed by atoms with Gasteiger partial charge in [0.15, 0.2) is 5.82 Å². The van der Waals surface area contributed by atoms with Gasteiger partial charge in [-0.05, 0) is 89.5 Å². The maximum atomic E-state index is 15.0. The van der Waals surface area contributed by atoms with Gasteiger partial charge in [-0.25, -0.2) is 23.5 Å². The number of hydrogen-bond acceptors (Lipinski definition) is 6. The first-order valence-corrected chi connectivity index (χ1v) is 14.0. The first-order chi connectivity index (χ1) is 19.7. The monoisotopic (exact) mass is 563 g/mol. The van der Waals surface area contributed by atoms with Crippen molar-refractivity contribution in [3.63, 3.8) is 0 Å². The van der Waals surface area contributed by atoms with E-state index in [-0.39, 0.29) is 30.3 Å². The van der Waals surface area contributed by atoms with Gasteiger partial charge < -0.3 is 20.9 Å². The number of hydrogen-bond donors (Lipinski definition) is 3. The standard InChI is InChI=1S/C30H35F2N7O2/c1-18(2)35-28(40)20-11-10-19(3)21(16-20)25-22-17-34-30(41)39(26-23(31)8-6-9-24(26)32)27(22)37-29(36-25)33-12-7-15-38-13-4-5-14-38/h6,8-11,16,18H,4-5,7,12-15,17H2,1-3H3,(H,34,41)(H,35,40)(H,33,36,37). The Morgan fingerprint density at radius 1 is 1.10 bits per heavy atom. The minimum atomic E-state index is -0.892. The molecular weight excluding hydrogens is 528 g/mol. The van der Waals surface area contributed by atoms with Gasteiger partial charge in [-0.15, -0.1) is 0 Å². The molecule has 11 heteroatoms. The highest BCUT2D eigenvalue weighted by atomic mass is 19.1. The maximum Gasteiger partial charge on any atom is 0.328 e. The number of likely N-dealkylation sites (tertiary alicyclic amines) is 1. The molecule has 9 nitrogen and oxygen atoms in total. The van der Waals surface area contributed by atoms with E-state index in [1.165, 1.54) is 18.9 Å². The zero-order valence-electron chi connectivity index (χ0n) is 23.6. The van der Waals surface area contributed by atoms with Crippen molar-refractivity contribution in [2.24, 2.45) is 0 Å². The van der Waals surface area contributed by atoms with Crippen LogP contribution in [-0.4, -0.2) is 59.0 Å². The van der Waals surface area contributed by atoms with Crippen LogP contribution in [0, 0.1) is 18.6 Å². The van der Waals surface area contributed by atoms with Crippen molar-refractivity contribution in [2.75, 3.05) is 36.4 Å². The summed E-state index contributed by atoms with van der Waals surface area (Å²) < 4.78 is 29.9. The number of carbonyl (C=O) groups excluding carboxylic acids is 2. The summed E-state index contributed by atoms with van der Waals surface area (Å²) in [5.74, 6) is -1.70. The molecular formula is C30H35F2N7O2. The highest BCUT2D eigenvalue weighted by molar-refractivity contribution is 6.02. The third kappa shape index (κ3) is 6.14. The van der Waals surface area contributed by atoms with Crippen LogP contribution in [0.25, 0.3) is 11.3 Å². The lowest BCUT2D eigenvalue weighted by Crippen LogP contribution is -2.43. The van der Waals surface area contributed by atoms with Gasteiger partial charge in [0.25, 0.3) is 5.91 Å². The van der Waals surface area contributed by atoms with Crippen LogP contribution in [0.1, 0.15) is 54.6 Å². The van der Waals surface area contributed by atoms with Crippen LogP contribution >= 0.6 is 0 Å². The normalized spacial score (nSPS) is 15.2. The molecule has 2 aromatic carbocycles. The Labute approximate surface area is 238 Å². The Morgan fingerprint density at radius 3 is 2.54 bits per heavy atom. The number of carbonyl (C=O) groups is 2. The number of urea groups is 1. The summed E-state index contributed by atoms with van der Waals surface area (Å²) in [5, 5.41) is 8.86. The molecule has 3 N–H and O–H groups in total. The lowest BCUT2D eigenvalue weighted by atomic mass is 9.97. The number of rotatable bonds is 9. The van der Waals surface area contributed by atoms with E-state index >= 15 is 0 Å². The van der Waals surface area contributed by atoms with Crippen molar-refractivity contribution in [3.05, 3.63) is 64.7 Å². The second kappa shape index (κ2) is 12.2. The number of aryl methyl sites for hydroxylation is 1. The number of benzene rings is 2. The third-order valence-corrected chi connectivity index (χ3v) is 7.29. The van der Waals surface area contributed by atoms with Crippen molar-refractivity contribution < 1.29 is 18.4 Å². The van der Waals surface area contributed by atoms with Gasteiger partial charge in [0.05, 0.1) is 12.2 Å². The SMILES string of the molecule is Cc1ccc(C(=O)NC(C)C)cc1-c1nc(NCCCN2CCCC2)nc2c1CNC(=O)N2c1c(F)cccc1F. The second-order valence-electron chi connectivity index (χ2n) is 10.7. The third-order valence-electron chi connectivity index (χ3n) is 7.29. The number of anilines is 3. The van der Waals surface area contributed by atoms with Gasteiger partial charge in [-0.3, -0.25) is 4.79 Å². The highest BCUT2D eigenvalue weighted by Crippen LogP contribution is 2.39. The average Bonchev–Trinajstić information content (AvgIpc) is 3.45. The molecule has 0 unspecified atom stereocenters. The number of nitrogens with one attached hydrogen (secondary N) is 3. The molecule has 1 saturated heterocycles. The summed E-state index contributed by atoms with van der Waals surface area (Å²) in [6.45, 7) is 9.41. The van der Waals surface area contributed by atoms with E-state index in [1.54, 1.807) is 12.1 Å². The van der Waals surface area contributed by atoms with E-state index in [2.05, 4.69) is 25.8 Å². The lowest BCUT2D eigenvalue weighted by molar-refractivity contribution is 0.0943.